The van der Waals surface area contributed by atoms with Crippen LogP contribution < -0.4 is 10.6 Å². The number of phenols is 1. The van der Waals surface area contributed by atoms with Crippen molar-refractivity contribution in [2.24, 2.45) is 0 Å². The van der Waals surface area contributed by atoms with E-state index in [0.29, 0.717) is 44.3 Å². The molecule has 0 aliphatic carbocycles. The van der Waals surface area contributed by atoms with Crippen LogP contribution in [0.2, 0.25) is 5.02 Å². The molecule has 6 rings (SSSR count). The number of hydrogen-bond donors (Lipinski definition) is 4. The summed E-state index contributed by atoms with van der Waals surface area (Å²) in [4.78, 5) is 38.4. The van der Waals surface area contributed by atoms with Crippen LogP contribution in [0.3, 0.4) is 0 Å². The maximum atomic E-state index is 13.1. The SMILES string of the molecule is CN1CCN(CCc2ccc(NC(=O)c3ccc4nc(-c5cc(NC(=O)c6ccc(Cl)cc6)ccc5O)[nH]c4c3)cc2)CC1. The fourth-order valence-electron chi connectivity index (χ4n) is 5.20. The third kappa shape index (κ3) is 6.92. The summed E-state index contributed by atoms with van der Waals surface area (Å²) in [6.45, 7) is 5.45. The van der Waals surface area contributed by atoms with Gasteiger partial charge in [-0.25, -0.2) is 4.98 Å². The number of rotatable bonds is 8. The van der Waals surface area contributed by atoms with Crippen LogP contribution in [0, 0.1) is 0 Å². The minimum Gasteiger partial charge on any atom is -0.507 e. The molecule has 1 aromatic heterocycles. The lowest BCUT2D eigenvalue weighted by Crippen LogP contribution is -2.45. The van der Waals surface area contributed by atoms with E-state index in [9.17, 15) is 14.7 Å². The zero-order chi connectivity index (χ0) is 30.6. The minimum atomic E-state index is -0.307. The van der Waals surface area contributed by atoms with Crippen molar-refractivity contribution in [2.45, 2.75) is 6.42 Å². The molecule has 0 bridgehead atoms. The molecule has 224 valence electrons. The molecule has 1 aliphatic rings. The molecule has 0 radical (unpaired) electrons. The van der Waals surface area contributed by atoms with Crippen molar-refractivity contribution in [3.63, 3.8) is 0 Å². The fraction of sp³-hybridized carbons (Fsp3) is 0.206. The predicted molar refractivity (Wildman–Crippen MR) is 175 cm³/mol. The van der Waals surface area contributed by atoms with Crippen LogP contribution in [-0.2, 0) is 6.42 Å². The first-order valence-electron chi connectivity index (χ1n) is 14.5. The van der Waals surface area contributed by atoms with Gasteiger partial charge in [0.2, 0.25) is 0 Å². The van der Waals surface area contributed by atoms with Gasteiger partial charge in [-0.1, -0.05) is 23.7 Å². The summed E-state index contributed by atoms with van der Waals surface area (Å²) in [6.07, 6.45) is 0.976. The van der Waals surface area contributed by atoms with Gasteiger partial charge in [-0.2, -0.15) is 0 Å². The molecule has 9 nitrogen and oxygen atoms in total. The standard InChI is InChI=1S/C34H33ClN6O3/c1-40-16-18-41(19-17-40)15-14-22-2-9-26(10-3-22)36-34(44)24-6-12-29-30(20-24)39-32(38-29)28-21-27(11-13-31(28)42)37-33(43)23-4-7-25(35)8-5-23/h2-13,20-21,42H,14-19H2,1H3,(H,36,44)(H,37,43)(H,38,39). The first-order chi connectivity index (χ1) is 21.3. The van der Waals surface area contributed by atoms with Gasteiger partial charge in [0.15, 0.2) is 0 Å². The van der Waals surface area contributed by atoms with Gasteiger partial charge in [-0.3, -0.25) is 9.59 Å². The lowest BCUT2D eigenvalue weighted by atomic mass is 10.1. The Balaban J connectivity index is 1.11. The number of carbonyl (C=O) groups is 2. The van der Waals surface area contributed by atoms with E-state index < -0.39 is 0 Å². The summed E-state index contributed by atoms with van der Waals surface area (Å²) in [5.41, 5.74) is 5.07. The second-order valence-electron chi connectivity index (χ2n) is 11.1. The summed E-state index contributed by atoms with van der Waals surface area (Å²) in [5.74, 6) is -0.134. The molecule has 0 unspecified atom stereocenters. The largest absolute Gasteiger partial charge is 0.507 e. The number of amides is 2. The Labute approximate surface area is 260 Å². The van der Waals surface area contributed by atoms with Gasteiger partial charge < -0.3 is 30.5 Å². The van der Waals surface area contributed by atoms with E-state index in [2.05, 4.69) is 49.6 Å². The van der Waals surface area contributed by atoms with Crippen molar-refractivity contribution in [3.8, 4) is 17.1 Å². The molecule has 0 saturated carbocycles. The average molecular weight is 609 g/mol. The molecule has 5 aromatic rings. The number of fused-ring (bicyclic) bond motifs is 1. The van der Waals surface area contributed by atoms with Crippen LogP contribution >= 0.6 is 11.6 Å². The zero-order valence-corrected chi connectivity index (χ0v) is 25.1. The van der Waals surface area contributed by atoms with Crippen molar-refractivity contribution < 1.29 is 14.7 Å². The van der Waals surface area contributed by atoms with Gasteiger partial charge in [-0.05, 0) is 91.8 Å². The van der Waals surface area contributed by atoms with E-state index in [1.54, 1.807) is 54.6 Å². The van der Waals surface area contributed by atoms with Crippen LogP contribution in [-0.4, -0.2) is 76.5 Å². The summed E-state index contributed by atoms with van der Waals surface area (Å²) >= 11 is 5.92. The van der Waals surface area contributed by atoms with E-state index in [1.807, 2.05) is 12.1 Å². The molecule has 0 atom stereocenters. The van der Waals surface area contributed by atoms with Crippen molar-refractivity contribution in [1.29, 1.82) is 0 Å². The minimum absolute atomic E-state index is 0.00139. The highest BCUT2D eigenvalue weighted by Gasteiger charge is 2.16. The Kier molecular flexibility index (Phi) is 8.60. The second kappa shape index (κ2) is 12.9. The van der Waals surface area contributed by atoms with E-state index in [-0.39, 0.29) is 17.6 Å². The quantitative estimate of drug-likeness (QED) is 0.164. The smallest absolute Gasteiger partial charge is 0.255 e. The maximum Gasteiger partial charge on any atom is 0.255 e. The van der Waals surface area contributed by atoms with E-state index in [0.717, 1.165) is 44.8 Å². The van der Waals surface area contributed by atoms with Crippen LogP contribution in [0.15, 0.2) is 84.9 Å². The van der Waals surface area contributed by atoms with Gasteiger partial charge >= 0.3 is 0 Å². The van der Waals surface area contributed by atoms with Crippen molar-refractivity contribution in [3.05, 3.63) is 107 Å². The number of likely N-dealkylation sites (N-methyl/N-ethyl adjacent to an activating group) is 1. The normalized spacial score (nSPS) is 14.0. The first kappa shape index (κ1) is 29.4. The summed E-state index contributed by atoms with van der Waals surface area (Å²) in [6, 6.07) is 24.5. The van der Waals surface area contributed by atoms with Gasteiger partial charge in [0, 0.05) is 60.2 Å². The first-order valence-corrected chi connectivity index (χ1v) is 14.9. The lowest BCUT2D eigenvalue weighted by Gasteiger charge is -2.32. The Morgan fingerprint density at radius 3 is 2.25 bits per heavy atom. The number of phenolic OH excluding ortho intramolecular Hbond substituents is 1. The monoisotopic (exact) mass is 608 g/mol. The highest BCUT2D eigenvalue weighted by molar-refractivity contribution is 6.30. The lowest BCUT2D eigenvalue weighted by molar-refractivity contribution is 0.101. The molecule has 4 N–H and O–H groups in total. The van der Waals surface area contributed by atoms with Gasteiger partial charge in [0.1, 0.15) is 11.6 Å². The van der Waals surface area contributed by atoms with E-state index >= 15 is 0 Å². The van der Waals surface area contributed by atoms with Gasteiger partial charge in [-0.15, -0.1) is 0 Å². The highest BCUT2D eigenvalue weighted by Crippen LogP contribution is 2.32. The second-order valence-corrected chi connectivity index (χ2v) is 11.5. The number of aromatic amines is 1. The summed E-state index contributed by atoms with van der Waals surface area (Å²) < 4.78 is 0. The number of halogens is 1. The predicted octanol–water partition coefficient (Wildman–Crippen LogP) is 5.88. The molecular formula is C34H33ClN6O3. The molecule has 2 amide bonds. The molecule has 10 heteroatoms. The molecule has 44 heavy (non-hydrogen) atoms. The number of hydrogen-bond acceptors (Lipinski definition) is 6. The number of aromatic hydroxyl groups is 1. The van der Waals surface area contributed by atoms with Gasteiger partial charge in [0.25, 0.3) is 11.8 Å². The highest BCUT2D eigenvalue weighted by atomic mass is 35.5. The van der Waals surface area contributed by atoms with Crippen LogP contribution in [0.4, 0.5) is 11.4 Å². The topological polar surface area (TPSA) is 114 Å². The maximum absolute atomic E-state index is 13.1. The molecule has 4 aromatic carbocycles. The Morgan fingerprint density at radius 2 is 1.50 bits per heavy atom. The van der Waals surface area contributed by atoms with Crippen LogP contribution in [0.25, 0.3) is 22.4 Å². The number of piperazine rings is 1. The molecule has 0 spiro atoms. The number of carbonyl (C=O) groups excluding carboxylic acids is 2. The Hall–Kier alpha value is -4.70. The van der Waals surface area contributed by atoms with E-state index in [4.69, 9.17) is 11.6 Å². The number of aromatic nitrogens is 2. The van der Waals surface area contributed by atoms with Crippen LogP contribution in [0.5, 0.6) is 5.75 Å². The average Bonchev–Trinajstić information content (AvgIpc) is 3.46. The molecule has 1 fully saturated rings. The Morgan fingerprint density at radius 1 is 0.841 bits per heavy atom. The number of H-pyrrole nitrogens is 1. The van der Waals surface area contributed by atoms with Crippen molar-refractivity contribution in [2.75, 3.05) is 50.4 Å². The zero-order valence-electron chi connectivity index (χ0n) is 24.3. The number of nitrogens with zero attached hydrogens (tertiary/aromatic N) is 3. The third-order valence-corrected chi connectivity index (χ3v) is 8.14. The van der Waals surface area contributed by atoms with Crippen molar-refractivity contribution >= 4 is 45.8 Å². The molecule has 1 aliphatic heterocycles. The number of nitrogens with one attached hydrogen (secondary N) is 3. The summed E-state index contributed by atoms with van der Waals surface area (Å²) in [7, 11) is 2.16. The molecular weight excluding hydrogens is 576 g/mol. The van der Waals surface area contributed by atoms with Gasteiger partial charge in [0.05, 0.1) is 16.6 Å². The third-order valence-electron chi connectivity index (χ3n) is 7.88. The Bertz CT molecular complexity index is 1790. The van der Waals surface area contributed by atoms with Crippen LogP contribution in [0.1, 0.15) is 26.3 Å². The fourth-order valence-corrected chi connectivity index (χ4v) is 5.33. The summed E-state index contributed by atoms with van der Waals surface area (Å²) in [5, 5.41) is 16.9. The number of anilines is 2. The van der Waals surface area contributed by atoms with Crippen molar-refractivity contribution in [1.82, 2.24) is 19.8 Å². The number of benzene rings is 4. The molecule has 2 heterocycles. The van der Waals surface area contributed by atoms with E-state index in [1.165, 1.54) is 11.6 Å². The number of imidazole rings is 1. The molecule has 1 saturated heterocycles.